The molecular weight excluding hydrogens is 310 g/mol. The van der Waals surface area contributed by atoms with E-state index in [1.807, 2.05) is 19.3 Å². The quantitative estimate of drug-likeness (QED) is 0.928. The lowest BCUT2D eigenvalue weighted by molar-refractivity contribution is 0.477. The van der Waals surface area contributed by atoms with Crippen molar-refractivity contribution >= 4 is 27.3 Å². The highest BCUT2D eigenvalue weighted by Gasteiger charge is 2.23. The number of halogens is 1. The third kappa shape index (κ3) is 2.68. The van der Waals surface area contributed by atoms with E-state index in [-0.39, 0.29) is 12.1 Å². The molecule has 0 spiro atoms. The average Bonchev–Trinajstić information content (AvgIpc) is 2.88. The Labute approximate surface area is 120 Å². The molecule has 0 saturated heterocycles. The van der Waals surface area contributed by atoms with E-state index in [0.717, 1.165) is 10.3 Å². The van der Waals surface area contributed by atoms with Crippen LogP contribution in [0.25, 0.3) is 0 Å². The van der Waals surface area contributed by atoms with Crippen molar-refractivity contribution in [3.05, 3.63) is 39.0 Å². The number of nitrogens with zero attached hydrogens (tertiary/aromatic N) is 2. The number of thiophene rings is 1. The molecule has 0 radical (unpaired) electrons. The normalized spacial score (nSPS) is 15.0. The van der Waals surface area contributed by atoms with E-state index in [1.54, 1.807) is 11.3 Å². The maximum atomic E-state index is 6.18. The van der Waals surface area contributed by atoms with Crippen LogP contribution in [0, 0.1) is 0 Å². The van der Waals surface area contributed by atoms with Crippen molar-refractivity contribution in [2.45, 2.75) is 38.8 Å². The summed E-state index contributed by atoms with van der Waals surface area (Å²) in [5.74, 6) is 1.48. The minimum Gasteiger partial charge on any atom is -0.326 e. The molecule has 2 aromatic rings. The highest BCUT2D eigenvalue weighted by molar-refractivity contribution is 9.10. The highest BCUT2D eigenvalue weighted by atomic mass is 79.9. The Morgan fingerprint density at radius 1 is 1.39 bits per heavy atom. The van der Waals surface area contributed by atoms with Crippen LogP contribution in [0.3, 0.4) is 0 Å². The van der Waals surface area contributed by atoms with Gasteiger partial charge in [0.15, 0.2) is 0 Å². The van der Waals surface area contributed by atoms with Gasteiger partial charge in [-0.25, -0.2) is 4.98 Å². The molecule has 0 aliphatic carbocycles. The molecular formula is C13H18BrN3S. The Balaban J connectivity index is 2.45. The van der Waals surface area contributed by atoms with Crippen molar-refractivity contribution in [3.8, 4) is 0 Å². The van der Waals surface area contributed by atoms with Gasteiger partial charge in [-0.15, -0.1) is 11.3 Å². The summed E-state index contributed by atoms with van der Waals surface area (Å²) in [7, 11) is 0. The summed E-state index contributed by atoms with van der Waals surface area (Å²) in [6.07, 6.45) is 3.88. The van der Waals surface area contributed by atoms with E-state index in [9.17, 15) is 0 Å². The SMILES string of the molecule is CC(C)c1nccn1C(c1cc(Br)cs1)C(C)N. The second-order valence-corrected chi connectivity index (χ2v) is 6.68. The minimum absolute atomic E-state index is 0.0437. The third-order valence-electron chi connectivity index (χ3n) is 2.89. The summed E-state index contributed by atoms with van der Waals surface area (Å²) >= 11 is 5.23. The van der Waals surface area contributed by atoms with E-state index in [4.69, 9.17) is 5.73 Å². The molecule has 2 unspecified atom stereocenters. The molecule has 0 saturated carbocycles. The zero-order valence-corrected chi connectivity index (χ0v) is 13.2. The molecule has 0 aliphatic rings. The largest absolute Gasteiger partial charge is 0.326 e. The molecule has 0 amide bonds. The fourth-order valence-electron chi connectivity index (χ4n) is 2.14. The monoisotopic (exact) mass is 327 g/mol. The van der Waals surface area contributed by atoms with Gasteiger partial charge in [-0.05, 0) is 28.9 Å². The minimum atomic E-state index is 0.0437. The molecule has 0 aliphatic heterocycles. The zero-order chi connectivity index (χ0) is 13.3. The molecule has 2 N–H and O–H groups in total. The Morgan fingerprint density at radius 2 is 2.11 bits per heavy atom. The first-order valence-corrected chi connectivity index (χ1v) is 7.70. The van der Waals surface area contributed by atoms with E-state index in [0.29, 0.717) is 5.92 Å². The number of rotatable bonds is 4. The molecule has 0 fully saturated rings. The Bertz CT molecular complexity index is 516. The summed E-state index contributed by atoms with van der Waals surface area (Å²) in [6.45, 7) is 6.35. The van der Waals surface area contributed by atoms with Crippen molar-refractivity contribution in [2.75, 3.05) is 0 Å². The molecule has 3 nitrogen and oxygen atoms in total. The summed E-state index contributed by atoms with van der Waals surface area (Å²) in [5, 5.41) is 2.09. The van der Waals surface area contributed by atoms with Crippen LogP contribution in [0.2, 0.25) is 0 Å². The first kappa shape index (κ1) is 13.8. The van der Waals surface area contributed by atoms with Gasteiger partial charge in [-0.1, -0.05) is 13.8 Å². The summed E-state index contributed by atoms with van der Waals surface area (Å²) in [5.41, 5.74) is 6.18. The maximum Gasteiger partial charge on any atom is 0.111 e. The van der Waals surface area contributed by atoms with Crippen molar-refractivity contribution < 1.29 is 0 Å². The predicted octanol–water partition coefficient (Wildman–Crippen LogP) is 3.77. The number of imidazole rings is 1. The number of aromatic nitrogens is 2. The average molecular weight is 328 g/mol. The van der Waals surface area contributed by atoms with Gasteiger partial charge in [0.25, 0.3) is 0 Å². The molecule has 0 aromatic carbocycles. The number of hydrogen-bond donors (Lipinski definition) is 1. The fraction of sp³-hybridized carbons (Fsp3) is 0.462. The number of hydrogen-bond acceptors (Lipinski definition) is 3. The van der Waals surface area contributed by atoms with Crippen molar-refractivity contribution in [3.63, 3.8) is 0 Å². The van der Waals surface area contributed by atoms with Gasteiger partial charge in [0, 0.05) is 39.1 Å². The summed E-state index contributed by atoms with van der Waals surface area (Å²) in [4.78, 5) is 5.71. The van der Waals surface area contributed by atoms with Gasteiger partial charge >= 0.3 is 0 Å². The van der Waals surface area contributed by atoms with E-state index in [1.165, 1.54) is 4.88 Å². The molecule has 2 aromatic heterocycles. The van der Waals surface area contributed by atoms with E-state index >= 15 is 0 Å². The second kappa shape index (κ2) is 5.55. The fourth-order valence-corrected chi connectivity index (χ4v) is 3.80. The summed E-state index contributed by atoms with van der Waals surface area (Å²) < 4.78 is 3.31. The van der Waals surface area contributed by atoms with Crippen molar-refractivity contribution in [1.29, 1.82) is 0 Å². The van der Waals surface area contributed by atoms with Gasteiger partial charge in [-0.2, -0.15) is 0 Å². The Morgan fingerprint density at radius 3 is 2.61 bits per heavy atom. The Kier molecular flexibility index (Phi) is 4.25. The van der Waals surface area contributed by atoms with Crippen LogP contribution in [0.5, 0.6) is 0 Å². The first-order chi connectivity index (χ1) is 8.50. The van der Waals surface area contributed by atoms with Crippen LogP contribution in [0.4, 0.5) is 0 Å². The second-order valence-electron chi connectivity index (χ2n) is 4.82. The first-order valence-electron chi connectivity index (χ1n) is 6.03. The third-order valence-corrected chi connectivity index (χ3v) is 4.66. The number of nitrogens with two attached hydrogens (primary N) is 1. The molecule has 5 heteroatoms. The van der Waals surface area contributed by atoms with Crippen molar-refractivity contribution in [2.24, 2.45) is 5.73 Å². The lowest BCUT2D eigenvalue weighted by Gasteiger charge is -2.24. The molecule has 2 rings (SSSR count). The molecule has 2 atom stereocenters. The van der Waals surface area contributed by atoms with E-state index < -0.39 is 0 Å². The molecule has 0 bridgehead atoms. The lowest BCUT2D eigenvalue weighted by atomic mass is 10.1. The van der Waals surface area contributed by atoms with Gasteiger partial charge in [0.05, 0.1) is 6.04 Å². The smallest absolute Gasteiger partial charge is 0.111 e. The van der Waals surface area contributed by atoms with Gasteiger partial charge in [0.1, 0.15) is 5.82 Å². The highest BCUT2D eigenvalue weighted by Crippen LogP contribution is 2.31. The summed E-state index contributed by atoms with van der Waals surface area (Å²) in [6, 6.07) is 2.34. The van der Waals surface area contributed by atoms with Gasteiger partial charge in [0.2, 0.25) is 0 Å². The van der Waals surface area contributed by atoms with Crippen molar-refractivity contribution in [1.82, 2.24) is 9.55 Å². The predicted molar refractivity (Wildman–Crippen MR) is 80.1 cm³/mol. The molecule has 98 valence electrons. The molecule has 18 heavy (non-hydrogen) atoms. The van der Waals surface area contributed by atoms with Gasteiger partial charge < -0.3 is 10.3 Å². The van der Waals surface area contributed by atoms with Crippen LogP contribution in [0.1, 0.15) is 43.4 Å². The topological polar surface area (TPSA) is 43.8 Å². The lowest BCUT2D eigenvalue weighted by Crippen LogP contribution is -2.30. The van der Waals surface area contributed by atoms with Crippen LogP contribution < -0.4 is 5.73 Å². The van der Waals surface area contributed by atoms with Gasteiger partial charge in [-0.3, -0.25) is 0 Å². The van der Waals surface area contributed by atoms with Crippen LogP contribution in [-0.2, 0) is 0 Å². The van der Waals surface area contributed by atoms with Crippen LogP contribution >= 0.6 is 27.3 Å². The van der Waals surface area contributed by atoms with Crippen LogP contribution in [-0.4, -0.2) is 15.6 Å². The van der Waals surface area contributed by atoms with E-state index in [2.05, 4.69) is 50.8 Å². The maximum absolute atomic E-state index is 6.18. The van der Waals surface area contributed by atoms with Crippen LogP contribution in [0.15, 0.2) is 28.3 Å². The standard InChI is InChI=1S/C13H18BrN3S/c1-8(2)13-16-4-5-17(13)12(9(3)15)11-6-10(14)7-18-11/h4-9,12H,15H2,1-3H3. The molecule has 2 heterocycles. The zero-order valence-electron chi connectivity index (χ0n) is 10.8. The Hall–Kier alpha value is -0.650.